The molecule has 3 aromatic carbocycles. The lowest BCUT2D eigenvalue weighted by Crippen LogP contribution is -2.12. The van der Waals surface area contributed by atoms with E-state index in [9.17, 15) is 9.18 Å². The Balaban J connectivity index is 1.35. The van der Waals surface area contributed by atoms with E-state index in [1.807, 2.05) is 36.4 Å². The van der Waals surface area contributed by atoms with Crippen LogP contribution in [0.25, 0.3) is 0 Å². The first kappa shape index (κ1) is 23.2. The number of hydrogen-bond acceptors (Lipinski definition) is 3. The van der Waals surface area contributed by atoms with Crippen LogP contribution < -0.4 is 10.1 Å². The fourth-order valence-corrected chi connectivity index (χ4v) is 3.56. The summed E-state index contributed by atoms with van der Waals surface area (Å²) in [7, 11) is 0. The van der Waals surface area contributed by atoms with Crippen molar-refractivity contribution in [2.75, 3.05) is 5.32 Å². The molecule has 1 amide bonds. The maximum absolute atomic E-state index is 13.4. The standard InChI is InChI=1S/C28H28FN3O2/c1-28(2,3)23-10-12-26(13-11-23)34-19-21-7-4-8-22(14-21)27(33)31-25-16-30-32(18-25)17-20-6-5-9-24(29)15-20/h4-16,18H,17,19H2,1-3H3,(H,31,33). The van der Waals surface area contributed by atoms with E-state index >= 15 is 0 Å². The number of amides is 1. The molecule has 1 heterocycles. The second-order valence-corrected chi connectivity index (χ2v) is 9.27. The van der Waals surface area contributed by atoms with Crippen LogP contribution in [0.15, 0.2) is 85.2 Å². The highest BCUT2D eigenvalue weighted by Crippen LogP contribution is 2.24. The average molecular weight is 458 g/mol. The molecule has 6 heteroatoms. The van der Waals surface area contributed by atoms with Gasteiger partial charge in [-0.25, -0.2) is 4.39 Å². The van der Waals surface area contributed by atoms with E-state index in [0.29, 0.717) is 24.4 Å². The number of rotatable bonds is 7. The summed E-state index contributed by atoms with van der Waals surface area (Å²) >= 11 is 0. The van der Waals surface area contributed by atoms with Crippen LogP contribution in [0.2, 0.25) is 0 Å². The van der Waals surface area contributed by atoms with Crippen LogP contribution in [0.3, 0.4) is 0 Å². The molecule has 0 aliphatic heterocycles. The van der Waals surface area contributed by atoms with Gasteiger partial charge in [-0.3, -0.25) is 9.48 Å². The second kappa shape index (κ2) is 9.91. The van der Waals surface area contributed by atoms with E-state index in [1.54, 1.807) is 29.2 Å². The van der Waals surface area contributed by atoms with E-state index < -0.39 is 0 Å². The zero-order chi connectivity index (χ0) is 24.1. The molecule has 174 valence electrons. The van der Waals surface area contributed by atoms with Crippen molar-refractivity contribution in [2.45, 2.75) is 39.3 Å². The Hall–Kier alpha value is -3.93. The van der Waals surface area contributed by atoms with Gasteiger partial charge in [-0.2, -0.15) is 5.10 Å². The van der Waals surface area contributed by atoms with Crippen LogP contribution in [0.1, 0.15) is 47.8 Å². The largest absolute Gasteiger partial charge is 0.489 e. The zero-order valence-corrected chi connectivity index (χ0v) is 19.6. The number of aromatic nitrogens is 2. The lowest BCUT2D eigenvalue weighted by Gasteiger charge is -2.19. The lowest BCUT2D eigenvalue weighted by atomic mass is 9.87. The number of carbonyl (C=O) groups excluding carboxylic acids is 1. The van der Waals surface area contributed by atoms with Gasteiger partial charge in [0, 0.05) is 11.8 Å². The van der Waals surface area contributed by atoms with Crippen LogP contribution in [0.5, 0.6) is 5.75 Å². The molecule has 0 unspecified atom stereocenters. The average Bonchev–Trinajstić information content (AvgIpc) is 3.24. The Kier molecular flexibility index (Phi) is 6.77. The third kappa shape index (κ3) is 6.10. The quantitative estimate of drug-likeness (QED) is 0.360. The summed E-state index contributed by atoms with van der Waals surface area (Å²) in [6.07, 6.45) is 3.29. The van der Waals surface area contributed by atoms with Gasteiger partial charge in [0.1, 0.15) is 18.2 Å². The maximum Gasteiger partial charge on any atom is 0.255 e. The molecule has 4 aromatic rings. The van der Waals surface area contributed by atoms with Crippen molar-refractivity contribution in [3.05, 3.63) is 113 Å². The molecule has 34 heavy (non-hydrogen) atoms. The van der Waals surface area contributed by atoms with Crippen LogP contribution in [-0.4, -0.2) is 15.7 Å². The molecule has 1 N–H and O–H groups in total. The van der Waals surface area contributed by atoms with Crippen molar-refractivity contribution in [1.29, 1.82) is 0 Å². The minimum Gasteiger partial charge on any atom is -0.489 e. The van der Waals surface area contributed by atoms with Crippen LogP contribution in [-0.2, 0) is 18.6 Å². The van der Waals surface area contributed by atoms with Crippen LogP contribution in [0.4, 0.5) is 10.1 Å². The van der Waals surface area contributed by atoms with Gasteiger partial charge in [0.15, 0.2) is 0 Å². The fraction of sp³-hybridized carbons (Fsp3) is 0.214. The first-order valence-corrected chi connectivity index (χ1v) is 11.2. The van der Waals surface area contributed by atoms with E-state index in [0.717, 1.165) is 16.9 Å². The molecule has 0 saturated heterocycles. The topological polar surface area (TPSA) is 56.1 Å². The van der Waals surface area contributed by atoms with Gasteiger partial charge in [0.25, 0.3) is 5.91 Å². The summed E-state index contributed by atoms with van der Waals surface area (Å²) in [6.45, 7) is 7.30. The molecule has 0 aliphatic rings. The van der Waals surface area contributed by atoms with Crippen LogP contribution >= 0.6 is 0 Å². The molecule has 0 saturated carbocycles. The van der Waals surface area contributed by atoms with Crippen molar-refractivity contribution < 1.29 is 13.9 Å². The molecular weight excluding hydrogens is 429 g/mol. The molecule has 5 nitrogen and oxygen atoms in total. The molecule has 1 aromatic heterocycles. The zero-order valence-electron chi connectivity index (χ0n) is 19.6. The molecule has 0 fully saturated rings. The summed E-state index contributed by atoms with van der Waals surface area (Å²) in [6, 6.07) is 21.8. The number of anilines is 1. The minimum atomic E-state index is -0.288. The fourth-order valence-electron chi connectivity index (χ4n) is 3.56. The number of halogens is 1. The molecule has 0 aliphatic carbocycles. The molecule has 0 radical (unpaired) electrons. The Bertz CT molecular complexity index is 1270. The molecular formula is C28H28FN3O2. The number of benzene rings is 3. The number of nitrogens with zero attached hydrogens (tertiary/aromatic N) is 2. The summed E-state index contributed by atoms with van der Waals surface area (Å²) in [5, 5.41) is 7.11. The van der Waals surface area contributed by atoms with Gasteiger partial charge in [0.2, 0.25) is 0 Å². The Labute approximate surface area is 199 Å². The Morgan fingerprint density at radius 3 is 2.47 bits per heavy atom. The summed E-state index contributed by atoms with van der Waals surface area (Å²) in [5.41, 5.74) is 4.13. The van der Waals surface area contributed by atoms with Crippen molar-refractivity contribution in [2.24, 2.45) is 0 Å². The van der Waals surface area contributed by atoms with Gasteiger partial charge in [-0.15, -0.1) is 0 Å². The number of ether oxygens (including phenoxy) is 1. The number of hydrogen-bond donors (Lipinski definition) is 1. The first-order chi connectivity index (χ1) is 16.3. The number of carbonyl (C=O) groups is 1. The third-order valence-electron chi connectivity index (χ3n) is 5.44. The normalized spacial score (nSPS) is 11.3. The molecule has 4 rings (SSSR count). The van der Waals surface area contributed by atoms with Gasteiger partial charge in [-0.1, -0.05) is 57.2 Å². The van der Waals surface area contributed by atoms with Crippen LogP contribution in [0, 0.1) is 5.82 Å². The number of nitrogens with one attached hydrogen (secondary N) is 1. The SMILES string of the molecule is CC(C)(C)c1ccc(OCc2cccc(C(=O)Nc3cnn(Cc4cccc(F)c4)c3)c2)cc1. The lowest BCUT2D eigenvalue weighted by molar-refractivity contribution is 0.102. The molecule has 0 spiro atoms. The monoisotopic (exact) mass is 457 g/mol. The highest BCUT2D eigenvalue weighted by Gasteiger charge is 2.13. The van der Waals surface area contributed by atoms with Gasteiger partial charge in [-0.05, 0) is 58.5 Å². The van der Waals surface area contributed by atoms with Crippen molar-refractivity contribution in [3.63, 3.8) is 0 Å². The maximum atomic E-state index is 13.4. The summed E-state index contributed by atoms with van der Waals surface area (Å²) in [4.78, 5) is 12.7. The van der Waals surface area contributed by atoms with Crippen molar-refractivity contribution >= 4 is 11.6 Å². The highest BCUT2D eigenvalue weighted by molar-refractivity contribution is 6.04. The first-order valence-electron chi connectivity index (χ1n) is 11.2. The summed E-state index contributed by atoms with van der Waals surface area (Å²) < 4.78 is 20.9. The predicted molar refractivity (Wildman–Crippen MR) is 132 cm³/mol. The Morgan fingerprint density at radius 1 is 1.00 bits per heavy atom. The minimum absolute atomic E-state index is 0.0934. The smallest absolute Gasteiger partial charge is 0.255 e. The molecule has 0 atom stereocenters. The van der Waals surface area contributed by atoms with Crippen molar-refractivity contribution in [3.8, 4) is 5.75 Å². The van der Waals surface area contributed by atoms with E-state index in [1.165, 1.54) is 17.7 Å². The van der Waals surface area contributed by atoms with Crippen molar-refractivity contribution in [1.82, 2.24) is 9.78 Å². The van der Waals surface area contributed by atoms with E-state index in [4.69, 9.17) is 4.74 Å². The van der Waals surface area contributed by atoms with Gasteiger partial charge < -0.3 is 10.1 Å². The van der Waals surface area contributed by atoms with Gasteiger partial charge in [0.05, 0.1) is 18.4 Å². The third-order valence-corrected chi connectivity index (χ3v) is 5.44. The predicted octanol–water partition coefficient (Wildman–Crippen LogP) is 6.20. The van der Waals surface area contributed by atoms with Gasteiger partial charge >= 0.3 is 0 Å². The Morgan fingerprint density at radius 2 is 1.74 bits per heavy atom. The highest BCUT2D eigenvalue weighted by atomic mass is 19.1. The van der Waals surface area contributed by atoms with E-state index in [-0.39, 0.29) is 17.1 Å². The summed E-state index contributed by atoms with van der Waals surface area (Å²) in [5.74, 6) is 0.263. The second-order valence-electron chi connectivity index (χ2n) is 9.27. The molecule has 0 bridgehead atoms. The van der Waals surface area contributed by atoms with E-state index in [2.05, 4.69) is 43.3 Å².